The van der Waals surface area contributed by atoms with Crippen LogP contribution in [0.3, 0.4) is 0 Å². The normalized spacial score (nSPS) is 10.6. The Balaban J connectivity index is 1.96. The molecule has 0 atom stereocenters. The van der Waals surface area contributed by atoms with E-state index >= 15 is 0 Å². The number of nitrogens with zero attached hydrogens (tertiary/aromatic N) is 2. The number of anilines is 1. The zero-order chi connectivity index (χ0) is 18.6. The first-order valence-electron chi connectivity index (χ1n) is 8.99. The molecule has 1 amide bonds. The molecule has 0 fully saturated rings. The second-order valence-corrected chi connectivity index (χ2v) is 6.47. The molecule has 4 heteroatoms. The minimum absolute atomic E-state index is 0.0224. The molecule has 0 aliphatic rings. The van der Waals surface area contributed by atoms with Gasteiger partial charge in [-0.25, -0.2) is 0 Å². The van der Waals surface area contributed by atoms with Crippen molar-refractivity contribution in [2.24, 2.45) is 0 Å². The molecule has 4 aromatic rings. The topological polar surface area (TPSA) is 33.2 Å². The average Bonchev–Trinajstić information content (AvgIpc) is 2.73. The fourth-order valence-corrected chi connectivity index (χ4v) is 3.53. The number of fused-ring (bicyclic) bond motifs is 1. The largest absolute Gasteiger partial charge is 0.346 e. The van der Waals surface area contributed by atoms with Crippen molar-refractivity contribution in [3.8, 4) is 0 Å². The van der Waals surface area contributed by atoms with Gasteiger partial charge >= 0.3 is 6.85 Å². The quantitative estimate of drug-likeness (QED) is 0.529. The first-order valence-corrected chi connectivity index (χ1v) is 8.99. The van der Waals surface area contributed by atoms with E-state index in [0.29, 0.717) is 0 Å². The van der Waals surface area contributed by atoms with Gasteiger partial charge in [0.2, 0.25) is 5.91 Å². The van der Waals surface area contributed by atoms with Gasteiger partial charge in [0.15, 0.2) is 0 Å². The Kier molecular flexibility index (Phi) is 4.71. The van der Waals surface area contributed by atoms with E-state index in [9.17, 15) is 4.79 Å². The number of rotatable bonds is 4. The SMILES string of the molecule is CC(=O)N(B(c1ccccc1)c1ccccc1)c1cccc2cccnc12. The minimum Gasteiger partial charge on any atom is -0.346 e. The molecule has 0 bridgehead atoms. The molecular weight excluding hydrogens is 331 g/mol. The van der Waals surface area contributed by atoms with E-state index in [1.165, 1.54) is 0 Å². The Bertz CT molecular complexity index is 1020. The molecule has 27 heavy (non-hydrogen) atoms. The molecular formula is C23H19BN2O. The molecule has 0 unspecified atom stereocenters. The first kappa shape index (κ1) is 17.0. The molecule has 1 heterocycles. The van der Waals surface area contributed by atoms with Gasteiger partial charge in [-0.1, -0.05) is 89.8 Å². The number of carbonyl (C=O) groups excluding carboxylic acids is 1. The summed E-state index contributed by atoms with van der Waals surface area (Å²) in [5, 5.41) is 1.01. The molecule has 4 rings (SSSR count). The fraction of sp³-hybridized carbons (Fsp3) is 0.0435. The molecule has 3 nitrogen and oxygen atoms in total. The van der Waals surface area contributed by atoms with E-state index in [1.807, 2.05) is 71.5 Å². The van der Waals surface area contributed by atoms with E-state index in [1.54, 1.807) is 13.1 Å². The zero-order valence-electron chi connectivity index (χ0n) is 15.1. The highest BCUT2D eigenvalue weighted by molar-refractivity contribution is 6.90. The maximum atomic E-state index is 12.9. The summed E-state index contributed by atoms with van der Waals surface area (Å²) in [6, 6.07) is 30.1. The van der Waals surface area contributed by atoms with Crippen LogP contribution in [0.25, 0.3) is 10.9 Å². The minimum atomic E-state index is -0.225. The van der Waals surface area contributed by atoms with Crippen LogP contribution in [0.4, 0.5) is 5.69 Å². The summed E-state index contributed by atoms with van der Waals surface area (Å²) in [5.41, 5.74) is 3.77. The first-order chi connectivity index (χ1) is 13.3. The van der Waals surface area contributed by atoms with Crippen LogP contribution in [0.2, 0.25) is 0 Å². The molecule has 3 aromatic carbocycles. The van der Waals surface area contributed by atoms with Crippen molar-refractivity contribution in [2.45, 2.75) is 6.92 Å². The molecule has 0 saturated carbocycles. The van der Waals surface area contributed by atoms with Crippen molar-refractivity contribution in [1.82, 2.24) is 4.98 Å². The number of aromatic nitrogens is 1. The van der Waals surface area contributed by atoms with E-state index in [2.05, 4.69) is 29.2 Å². The molecule has 0 saturated heterocycles. The third-order valence-corrected chi connectivity index (χ3v) is 4.70. The summed E-state index contributed by atoms with van der Waals surface area (Å²) in [6.45, 7) is 1.39. The Morgan fingerprint density at radius 3 is 1.96 bits per heavy atom. The van der Waals surface area contributed by atoms with E-state index in [4.69, 9.17) is 0 Å². The van der Waals surface area contributed by atoms with Gasteiger partial charge in [0, 0.05) is 18.5 Å². The second-order valence-electron chi connectivity index (χ2n) is 6.47. The predicted molar refractivity (Wildman–Crippen MR) is 113 cm³/mol. The molecule has 0 aliphatic heterocycles. The lowest BCUT2D eigenvalue weighted by Crippen LogP contribution is -2.58. The van der Waals surface area contributed by atoms with Crippen molar-refractivity contribution in [3.63, 3.8) is 0 Å². The molecule has 0 aliphatic carbocycles. The van der Waals surface area contributed by atoms with Crippen molar-refractivity contribution < 1.29 is 4.79 Å². The summed E-state index contributed by atoms with van der Waals surface area (Å²) >= 11 is 0. The summed E-state index contributed by atoms with van der Waals surface area (Å²) in [7, 11) is 0. The van der Waals surface area contributed by atoms with Crippen LogP contribution in [0.5, 0.6) is 0 Å². The highest BCUT2D eigenvalue weighted by Crippen LogP contribution is 2.26. The average molecular weight is 350 g/mol. The Hall–Kier alpha value is -3.40. The fourth-order valence-electron chi connectivity index (χ4n) is 3.53. The van der Waals surface area contributed by atoms with Gasteiger partial charge in [-0.3, -0.25) is 9.78 Å². The second kappa shape index (κ2) is 7.46. The predicted octanol–water partition coefficient (Wildman–Crippen LogP) is 3.39. The number of benzene rings is 3. The van der Waals surface area contributed by atoms with Gasteiger partial charge in [-0.05, 0) is 12.1 Å². The molecule has 0 N–H and O–H groups in total. The highest BCUT2D eigenvalue weighted by atomic mass is 16.2. The number of carbonyl (C=O) groups is 1. The number of hydrogen-bond acceptors (Lipinski definition) is 2. The Morgan fingerprint density at radius 2 is 1.37 bits per heavy atom. The van der Waals surface area contributed by atoms with Crippen molar-refractivity contribution in [3.05, 3.63) is 97.2 Å². The molecule has 1 aromatic heterocycles. The Labute approximate surface area is 159 Å². The lowest BCUT2D eigenvalue weighted by Gasteiger charge is -2.30. The summed E-state index contributed by atoms with van der Waals surface area (Å²) in [4.78, 5) is 19.3. The third-order valence-electron chi connectivity index (χ3n) is 4.70. The lowest BCUT2D eigenvalue weighted by atomic mass is 9.49. The van der Waals surface area contributed by atoms with Crippen molar-refractivity contribution in [2.75, 3.05) is 4.81 Å². The standard InChI is InChI=1S/C23H19BN2O/c1-18(27)26(22-16-8-10-19-11-9-17-25-23(19)22)24(20-12-4-2-5-13-20)21-14-6-3-7-15-21/h2-17H,1H3. The lowest BCUT2D eigenvalue weighted by molar-refractivity contribution is -0.115. The van der Waals surface area contributed by atoms with Crippen LogP contribution in [-0.2, 0) is 4.79 Å². The summed E-state index contributed by atoms with van der Waals surface area (Å²) in [5.74, 6) is -0.0224. The van der Waals surface area contributed by atoms with Crippen molar-refractivity contribution >= 4 is 40.3 Å². The Morgan fingerprint density at radius 1 is 0.778 bits per heavy atom. The van der Waals surface area contributed by atoms with E-state index in [-0.39, 0.29) is 12.8 Å². The van der Waals surface area contributed by atoms with Crippen LogP contribution in [-0.4, -0.2) is 17.7 Å². The molecule has 130 valence electrons. The number of amides is 1. The van der Waals surface area contributed by atoms with Gasteiger partial charge in [0.05, 0.1) is 11.2 Å². The van der Waals surface area contributed by atoms with Crippen LogP contribution in [0.1, 0.15) is 6.92 Å². The molecule has 0 radical (unpaired) electrons. The van der Waals surface area contributed by atoms with Gasteiger partial charge in [-0.2, -0.15) is 0 Å². The molecule has 0 spiro atoms. The van der Waals surface area contributed by atoms with Crippen molar-refractivity contribution in [1.29, 1.82) is 0 Å². The zero-order valence-corrected chi connectivity index (χ0v) is 15.1. The van der Waals surface area contributed by atoms with Gasteiger partial charge in [-0.15, -0.1) is 0 Å². The highest BCUT2D eigenvalue weighted by Gasteiger charge is 2.32. The van der Waals surface area contributed by atoms with E-state index in [0.717, 1.165) is 27.5 Å². The monoisotopic (exact) mass is 350 g/mol. The third kappa shape index (κ3) is 3.34. The van der Waals surface area contributed by atoms with Crippen LogP contribution < -0.4 is 15.7 Å². The smallest absolute Gasteiger partial charge is 0.331 e. The summed E-state index contributed by atoms with van der Waals surface area (Å²) < 4.78 is 0. The van der Waals surface area contributed by atoms with Gasteiger partial charge < -0.3 is 4.81 Å². The van der Waals surface area contributed by atoms with Crippen LogP contribution in [0, 0.1) is 0 Å². The van der Waals surface area contributed by atoms with Gasteiger partial charge in [0.25, 0.3) is 0 Å². The number of hydrogen-bond donors (Lipinski definition) is 0. The van der Waals surface area contributed by atoms with E-state index < -0.39 is 0 Å². The number of pyridine rings is 1. The number of para-hydroxylation sites is 1. The van der Waals surface area contributed by atoms with Crippen LogP contribution >= 0.6 is 0 Å². The maximum Gasteiger partial charge on any atom is 0.331 e. The summed E-state index contributed by atoms with van der Waals surface area (Å²) in [6.07, 6.45) is 1.77. The van der Waals surface area contributed by atoms with Gasteiger partial charge in [0.1, 0.15) is 0 Å². The maximum absolute atomic E-state index is 12.9. The van der Waals surface area contributed by atoms with Crippen LogP contribution in [0.15, 0.2) is 97.2 Å².